The number of aliphatic imine (C=N–C) groups is 1. The quantitative estimate of drug-likeness (QED) is 0.537. The Morgan fingerprint density at radius 1 is 1.50 bits per heavy atom. The van der Waals surface area contributed by atoms with Gasteiger partial charge in [-0.1, -0.05) is 11.6 Å². The normalized spacial score (nSPS) is 23.2. The lowest BCUT2D eigenvalue weighted by atomic mass is 10.0. The van der Waals surface area contributed by atoms with Crippen molar-refractivity contribution in [3.8, 4) is 0 Å². The van der Waals surface area contributed by atoms with E-state index in [1.165, 1.54) is 0 Å². The molecule has 1 aliphatic rings. The maximum atomic E-state index is 5.84. The Morgan fingerprint density at radius 3 is 2.60 bits per heavy atom. The van der Waals surface area contributed by atoms with Crippen LogP contribution < -0.4 is 0 Å². The van der Waals surface area contributed by atoms with Crippen LogP contribution in [0.3, 0.4) is 0 Å². The van der Waals surface area contributed by atoms with E-state index in [1.807, 2.05) is 0 Å². The highest BCUT2D eigenvalue weighted by Gasteiger charge is 2.16. The van der Waals surface area contributed by atoms with Gasteiger partial charge in [-0.3, -0.25) is 4.99 Å². The SMILES string of the molecule is CN=C(Cl)C1CCOCC1. The van der Waals surface area contributed by atoms with E-state index in [-0.39, 0.29) is 0 Å². The molecule has 0 unspecified atom stereocenters. The number of rotatable bonds is 1. The van der Waals surface area contributed by atoms with Gasteiger partial charge < -0.3 is 4.74 Å². The van der Waals surface area contributed by atoms with Gasteiger partial charge in [0.2, 0.25) is 0 Å². The van der Waals surface area contributed by atoms with Crippen molar-refractivity contribution >= 4 is 16.8 Å². The predicted molar refractivity (Wildman–Crippen MR) is 42.8 cm³/mol. The summed E-state index contributed by atoms with van der Waals surface area (Å²) < 4.78 is 5.18. The van der Waals surface area contributed by atoms with Gasteiger partial charge in [-0.25, -0.2) is 0 Å². The molecule has 3 heteroatoms. The number of nitrogens with zero attached hydrogens (tertiary/aromatic N) is 1. The molecule has 0 amide bonds. The molecule has 10 heavy (non-hydrogen) atoms. The summed E-state index contributed by atoms with van der Waals surface area (Å²) in [5.74, 6) is 0.459. The Morgan fingerprint density at radius 2 is 2.10 bits per heavy atom. The molecule has 2 nitrogen and oxygen atoms in total. The predicted octanol–water partition coefficient (Wildman–Crippen LogP) is 1.68. The van der Waals surface area contributed by atoms with E-state index < -0.39 is 0 Å². The van der Waals surface area contributed by atoms with E-state index in [4.69, 9.17) is 16.3 Å². The largest absolute Gasteiger partial charge is 0.381 e. The van der Waals surface area contributed by atoms with Gasteiger partial charge >= 0.3 is 0 Å². The molecule has 0 spiro atoms. The van der Waals surface area contributed by atoms with E-state index >= 15 is 0 Å². The molecule has 0 atom stereocenters. The van der Waals surface area contributed by atoms with Gasteiger partial charge in [0.1, 0.15) is 5.17 Å². The molecule has 0 aromatic heterocycles. The first-order chi connectivity index (χ1) is 4.84. The molecule has 0 aromatic rings. The van der Waals surface area contributed by atoms with Gasteiger partial charge in [0, 0.05) is 26.2 Å². The lowest BCUT2D eigenvalue weighted by Crippen LogP contribution is -2.20. The summed E-state index contributed by atoms with van der Waals surface area (Å²) in [5.41, 5.74) is 0. The van der Waals surface area contributed by atoms with Gasteiger partial charge in [-0.15, -0.1) is 0 Å². The summed E-state index contributed by atoms with van der Waals surface area (Å²) in [4.78, 5) is 3.94. The maximum Gasteiger partial charge on any atom is 0.103 e. The Balaban J connectivity index is 2.39. The van der Waals surface area contributed by atoms with E-state index in [2.05, 4.69) is 4.99 Å². The molecule has 1 rings (SSSR count). The zero-order chi connectivity index (χ0) is 7.40. The zero-order valence-corrected chi connectivity index (χ0v) is 6.90. The highest BCUT2D eigenvalue weighted by molar-refractivity contribution is 6.65. The van der Waals surface area contributed by atoms with Crippen LogP contribution in [-0.2, 0) is 4.74 Å². The van der Waals surface area contributed by atoms with E-state index in [0.29, 0.717) is 5.92 Å². The van der Waals surface area contributed by atoms with Crippen LogP contribution in [0.15, 0.2) is 4.99 Å². The average molecular weight is 162 g/mol. The van der Waals surface area contributed by atoms with Gasteiger partial charge in [0.05, 0.1) is 0 Å². The molecule has 1 fully saturated rings. The van der Waals surface area contributed by atoms with Crippen LogP contribution in [0.5, 0.6) is 0 Å². The molecule has 1 heterocycles. The molecule has 0 radical (unpaired) electrons. The highest BCUT2D eigenvalue weighted by Crippen LogP contribution is 2.18. The molecule has 58 valence electrons. The number of ether oxygens (including phenoxy) is 1. The number of hydrogen-bond acceptors (Lipinski definition) is 2. The summed E-state index contributed by atoms with van der Waals surface area (Å²) in [7, 11) is 1.73. The first kappa shape index (κ1) is 8.02. The lowest BCUT2D eigenvalue weighted by molar-refractivity contribution is 0.0833. The van der Waals surface area contributed by atoms with Gasteiger partial charge in [0.15, 0.2) is 0 Å². The van der Waals surface area contributed by atoms with Crippen molar-refractivity contribution in [2.45, 2.75) is 12.8 Å². The van der Waals surface area contributed by atoms with Crippen molar-refractivity contribution in [3.05, 3.63) is 0 Å². The van der Waals surface area contributed by atoms with Crippen molar-refractivity contribution in [2.75, 3.05) is 20.3 Å². The summed E-state index contributed by atoms with van der Waals surface area (Å²) in [5, 5.41) is 0.753. The Labute approximate surface area is 66.2 Å². The summed E-state index contributed by atoms with van der Waals surface area (Å²) in [6.45, 7) is 1.66. The minimum absolute atomic E-state index is 0.459. The fourth-order valence-corrected chi connectivity index (χ4v) is 1.34. The van der Waals surface area contributed by atoms with Crippen molar-refractivity contribution in [1.82, 2.24) is 0 Å². The van der Waals surface area contributed by atoms with Gasteiger partial charge in [0.25, 0.3) is 0 Å². The molecular formula is C7H12ClNO. The van der Waals surface area contributed by atoms with Crippen molar-refractivity contribution in [1.29, 1.82) is 0 Å². The third-order valence-corrected chi connectivity index (χ3v) is 2.25. The number of hydrogen-bond donors (Lipinski definition) is 0. The highest BCUT2D eigenvalue weighted by atomic mass is 35.5. The standard InChI is InChI=1S/C7H12ClNO/c1-9-7(8)6-2-4-10-5-3-6/h6H,2-5H2,1H3. The van der Waals surface area contributed by atoms with Crippen molar-refractivity contribution < 1.29 is 4.74 Å². The Hall–Kier alpha value is -0.0800. The van der Waals surface area contributed by atoms with Gasteiger partial charge in [-0.2, -0.15) is 0 Å². The minimum Gasteiger partial charge on any atom is -0.381 e. The van der Waals surface area contributed by atoms with Crippen molar-refractivity contribution in [3.63, 3.8) is 0 Å². The molecule has 1 aliphatic heterocycles. The first-order valence-corrected chi connectivity index (χ1v) is 3.92. The monoisotopic (exact) mass is 161 g/mol. The van der Waals surface area contributed by atoms with E-state index in [0.717, 1.165) is 31.2 Å². The zero-order valence-electron chi connectivity index (χ0n) is 6.14. The third-order valence-electron chi connectivity index (χ3n) is 1.77. The van der Waals surface area contributed by atoms with Crippen LogP contribution in [0.25, 0.3) is 0 Å². The summed E-state index contributed by atoms with van der Waals surface area (Å²) in [6, 6.07) is 0. The van der Waals surface area contributed by atoms with Crippen LogP contribution in [0.1, 0.15) is 12.8 Å². The van der Waals surface area contributed by atoms with Crippen LogP contribution >= 0.6 is 11.6 Å². The molecule has 1 saturated heterocycles. The molecular weight excluding hydrogens is 150 g/mol. The second-order valence-electron chi connectivity index (χ2n) is 2.43. The second kappa shape index (κ2) is 3.94. The maximum absolute atomic E-state index is 5.84. The second-order valence-corrected chi connectivity index (χ2v) is 2.82. The summed E-state index contributed by atoms with van der Waals surface area (Å²) in [6.07, 6.45) is 2.05. The fraction of sp³-hybridized carbons (Fsp3) is 0.857. The van der Waals surface area contributed by atoms with Crippen molar-refractivity contribution in [2.24, 2.45) is 10.9 Å². The molecule has 0 N–H and O–H groups in total. The summed E-state index contributed by atoms with van der Waals surface area (Å²) >= 11 is 5.84. The van der Waals surface area contributed by atoms with Crippen LogP contribution in [0, 0.1) is 5.92 Å². The minimum atomic E-state index is 0.459. The fourth-order valence-electron chi connectivity index (χ4n) is 1.12. The van der Waals surface area contributed by atoms with Crippen LogP contribution in [0.4, 0.5) is 0 Å². The Kier molecular flexibility index (Phi) is 3.16. The lowest BCUT2D eigenvalue weighted by Gasteiger charge is -2.19. The van der Waals surface area contributed by atoms with Crippen LogP contribution in [-0.4, -0.2) is 25.4 Å². The van der Waals surface area contributed by atoms with Crippen LogP contribution in [0.2, 0.25) is 0 Å². The topological polar surface area (TPSA) is 21.6 Å². The third kappa shape index (κ3) is 1.96. The molecule has 0 aromatic carbocycles. The average Bonchev–Trinajstić information content (AvgIpc) is 2.05. The number of halogens is 1. The smallest absolute Gasteiger partial charge is 0.103 e. The molecule has 0 aliphatic carbocycles. The van der Waals surface area contributed by atoms with E-state index in [9.17, 15) is 0 Å². The molecule has 0 bridgehead atoms. The Bertz CT molecular complexity index is 130. The van der Waals surface area contributed by atoms with Gasteiger partial charge in [-0.05, 0) is 12.8 Å². The van der Waals surface area contributed by atoms with E-state index in [1.54, 1.807) is 7.05 Å². The molecule has 0 saturated carbocycles. The first-order valence-electron chi connectivity index (χ1n) is 3.54.